The molecule has 5 rings (SSSR count). The van der Waals surface area contributed by atoms with E-state index in [0.29, 0.717) is 0 Å². The van der Waals surface area contributed by atoms with Gasteiger partial charge in [0, 0.05) is 78.4 Å². The maximum absolute atomic E-state index is 12.0. The van der Waals surface area contributed by atoms with E-state index in [9.17, 15) is 4.79 Å². The molecule has 0 atom stereocenters. The summed E-state index contributed by atoms with van der Waals surface area (Å²) in [5.41, 5.74) is 7.43. The molecule has 0 spiro atoms. The Bertz CT molecular complexity index is 1480. The Morgan fingerprint density at radius 1 is 1.03 bits per heavy atom. The van der Waals surface area contributed by atoms with Gasteiger partial charge in [-0.05, 0) is 55.8 Å². The second-order valence-electron chi connectivity index (χ2n) is 8.91. The second-order valence-corrected chi connectivity index (χ2v) is 8.91. The number of amides is 2. The average molecular weight is 466 g/mol. The molecule has 0 aliphatic carbocycles. The van der Waals surface area contributed by atoms with E-state index in [-0.39, 0.29) is 12.1 Å². The van der Waals surface area contributed by atoms with Crippen molar-refractivity contribution >= 4 is 22.8 Å². The summed E-state index contributed by atoms with van der Waals surface area (Å²) in [5, 5.41) is 8.82. The van der Waals surface area contributed by atoms with Crippen LogP contribution in [0, 0.1) is 0 Å². The monoisotopic (exact) mass is 465 g/mol. The van der Waals surface area contributed by atoms with Gasteiger partial charge >= 0.3 is 6.03 Å². The molecule has 5 aromatic rings. The van der Waals surface area contributed by atoms with E-state index in [0.717, 1.165) is 50.4 Å². The van der Waals surface area contributed by atoms with Gasteiger partial charge in [0.25, 0.3) is 0 Å². The maximum Gasteiger partial charge on any atom is 0.321 e. The van der Waals surface area contributed by atoms with Crippen molar-refractivity contribution in [3.8, 4) is 33.6 Å². The number of carbonyl (C=O) groups is 1. The SMILES string of the molecule is CC(C)n1cc(-c2ccnc3[nH]c(-c4cccnc4)cc23)c(-c2ccc(NC(=O)N(C)C)cc2)n1. The summed E-state index contributed by atoms with van der Waals surface area (Å²) in [7, 11) is 3.43. The number of hydrogen-bond donors (Lipinski definition) is 2. The topological polar surface area (TPSA) is 91.7 Å². The van der Waals surface area contributed by atoms with E-state index in [1.54, 1.807) is 20.3 Å². The van der Waals surface area contributed by atoms with E-state index >= 15 is 0 Å². The van der Waals surface area contributed by atoms with Crippen LogP contribution in [0.15, 0.2) is 73.3 Å². The Morgan fingerprint density at radius 2 is 1.83 bits per heavy atom. The fourth-order valence-corrected chi connectivity index (χ4v) is 3.95. The molecule has 1 aromatic carbocycles. The Balaban J connectivity index is 1.60. The maximum atomic E-state index is 12.0. The first-order valence-electron chi connectivity index (χ1n) is 11.5. The summed E-state index contributed by atoms with van der Waals surface area (Å²) in [6.45, 7) is 4.22. The van der Waals surface area contributed by atoms with Crippen molar-refractivity contribution < 1.29 is 4.79 Å². The smallest absolute Gasteiger partial charge is 0.321 e. The number of pyridine rings is 2. The normalized spacial score (nSPS) is 11.2. The summed E-state index contributed by atoms with van der Waals surface area (Å²) < 4.78 is 1.98. The molecule has 176 valence electrons. The molecular weight excluding hydrogens is 438 g/mol. The van der Waals surface area contributed by atoms with E-state index in [4.69, 9.17) is 5.10 Å². The molecule has 0 saturated heterocycles. The number of rotatable bonds is 5. The minimum atomic E-state index is -0.168. The molecule has 4 heterocycles. The highest BCUT2D eigenvalue weighted by Gasteiger charge is 2.18. The standard InChI is InChI=1S/C27H27N7O/c1-17(2)34-16-23(25(32-34)18-7-9-20(10-8-18)30-27(35)33(3)4)21-11-13-29-26-22(21)14-24(31-26)19-6-5-12-28-15-19/h5-17H,1-4H3,(H,29,31)(H,30,35). The second kappa shape index (κ2) is 9.06. The van der Waals surface area contributed by atoms with Crippen LogP contribution >= 0.6 is 0 Å². The van der Waals surface area contributed by atoms with E-state index < -0.39 is 0 Å². The van der Waals surface area contributed by atoms with Gasteiger partial charge in [-0.15, -0.1) is 0 Å². The number of nitrogens with one attached hydrogen (secondary N) is 2. The van der Waals surface area contributed by atoms with Crippen molar-refractivity contribution in [2.45, 2.75) is 19.9 Å². The molecule has 0 aliphatic rings. The summed E-state index contributed by atoms with van der Waals surface area (Å²) in [6.07, 6.45) is 7.51. The molecule has 0 fully saturated rings. The lowest BCUT2D eigenvalue weighted by Gasteiger charge is -2.12. The van der Waals surface area contributed by atoms with E-state index in [2.05, 4.69) is 46.4 Å². The predicted octanol–water partition coefficient (Wildman–Crippen LogP) is 5.83. The lowest BCUT2D eigenvalue weighted by molar-refractivity contribution is 0.230. The Kier molecular flexibility index (Phi) is 5.78. The summed E-state index contributed by atoms with van der Waals surface area (Å²) in [5.74, 6) is 0. The van der Waals surface area contributed by atoms with E-state index in [1.807, 2.05) is 59.5 Å². The quantitative estimate of drug-likeness (QED) is 0.342. The van der Waals surface area contributed by atoms with Crippen LogP contribution in [0.25, 0.3) is 44.7 Å². The van der Waals surface area contributed by atoms with Gasteiger partial charge in [-0.2, -0.15) is 5.10 Å². The van der Waals surface area contributed by atoms with Gasteiger partial charge in [-0.1, -0.05) is 12.1 Å². The fourth-order valence-electron chi connectivity index (χ4n) is 3.95. The zero-order valence-electron chi connectivity index (χ0n) is 20.1. The molecule has 0 radical (unpaired) electrons. The molecule has 0 aliphatic heterocycles. The van der Waals surface area contributed by atoms with Crippen molar-refractivity contribution in [1.82, 2.24) is 29.6 Å². The molecule has 2 amide bonds. The largest absolute Gasteiger partial charge is 0.339 e. The van der Waals surface area contributed by atoms with Crippen molar-refractivity contribution in [2.75, 3.05) is 19.4 Å². The number of hydrogen-bond acceptors (Lipinski definition) is 4. The minimum Gasteiger partial charge on any atom is -0.339 e. The predicted molar refractivity (Wildman–Crippen MR) is 139 cm³/mol. The highest BCUT2D eigenvalue weighted by atomic mass is 16.2. The van der Waals surface area contributed by atoms with Gasteiger partial charge in [-0.25, -0.2) is 9.78 Å². The van der Waals surface area contributed by atoms with Crippen molar-refractivity contribution in [2.24, 2.45) is 0 Å². The first-order valence-corrected chi connectivity index (χ1v) is 11.5. The first-order chi connectivity index (χ1) is 16.9. The number of aromatic nitrogens is 5. The first kappa shape index (κ1) is 22.3. The van der Waals surface area contributed by atoms with Gasteiger partial charge in [0.1, 0.15) is 11.3 Å². The van der Waals surface area contributed by atoms with Crippen LogP contribution in [0.2, 0.25) is 0 Å². The van der Waals surface area contributed by atoms with Gasteiger partial charge in [0.2, 0.25) is 0 Å². The molecule has 0 saturated carbocycles. The van der Waals surface area contributed by atoms with Crippen molar-refractivity contribution in [1.29, 1.82) is 0 Å². The Labute approximate surface area is 203 Å². The lowest BCUT2D eigenvalue weighted by atomic mass is 10.00. The molecular formula is C27H27N7O. The van der Waals surface area contributed by atoms with Crippen LogP contribution in [0.1, 0.15) is 19.9 Å². The summed E-state index contributed by atoms with van der Waals surface area (Å²) in [6, 6.07) is 15.9. The summed E-state index contributed by atoms with van der Waals surface area (Å²) >= 11 is 0. The fraction of sp³-hybridized carbons (Fsp3) is 0.185. The molecule has 0 bridgehead atoms. The number of fused-ring (bicyclic) bond motifs is 1. The van der Waals surface area contributed by atoms with Crippen LogP contribution in [0.5, 0.6) is 0 Å². The number of carbonyl (C=O) groups excluding carboxylic acids is 1. The molecule has 2 N–H and O–H groups in total. The van der Waals surface area contributed by atoms with Gasteiger partial charge < -0.3 is 15.2 Å². The summed E-state index contributed by atoms with van der Waals surface area (Å²) in [4.78, 5) is 25.7. The number of aromatic amines is 1. The number of anilines is 1. The number of H-pyrrole nitrogens is 1. The van der Waals surface area contributed by atoms with E-state index in [1.165, 1.54) is 4.90 Å². The third-order valence-electron chi connectivity index (χ3n) is 5.87. The van der Waals surface area contributed by atoms with Crippen molar-refractivity contribution in [3.05, 3.63) is 73.3 Å². The Hall–Kier alpha value is -4.46. The Morgan fingerprint density at radius 3 is 2.51 bits per heavy atom. The number of urea groups is 1. The van der Waals surface area contributed by atoms with Crippen LogP contribution in [-0.4, -0.2) is 49.8 Å². The van der Waals surface area contributed by atoms with Crippen LogP contribution < -0.4 is 5.32 Å². The van der Waals surface area contributed by atoms with Crippen molar-refractivity contribution in [3.63, 3.8) is 0 Å². The zero-order chi connectivity index (χ0) is 24.5. The number of nitrogens with zero attached hydrogens (tertiary/aromatic N) is 5. The third kappa shape index (κ3) is 4.38. The van der Waals surface area contributed by atoms with Gasteiger partial charge in [-0.3, -0.25) is 9.67 Å². The molecule has 35 heavy (non-hydrogen) atoms. The molecule has 8 heteroatoms. The lowest BCUT2D eigenvalue weighted by Crippen LogP contribution is -2.27. The molecule has 0 unspecified atom stereocenters. The number of benzene rings is 1. The zero-order valence-corrected chi connectivity index (χ0v) is 20.1. The molecule has 4 aromatic heterocycles. The average Bonchev–Trinajstić information content (AvgIpc) is 3.50. The molecule has 8 nitrogen and oxygen atoms in total. The van der Waals surface area contributed by atoms with Gasteiger partial charge in [0.15, 0.2) is 0 Å². The van der Waals surface area contributed by atoms with Crippen LogP contribution in [0.3, 0.4) is 0 Å². The third-order valence-corrected chi connectivity index (χ3v) is 5.87. The highest BCUT2D eigenvalue weighted by molar-refractivity contribution is 5.99. The van der Waals surface area contributed by atoms with Gasteiger partial charge in [0.05, 0.1) is 0 Å². The minimum absolute atomic E-state index is 0.168. The highest BCUT2D eigenvalue weighted by Crippen LogP contribution is 2.37. The van der Waals surface area contributed by atoms with Crippen LogP contribution in [0.4, 0.5) is 10.5 Å². The van der Waals surface area contributed by atoms with Crippen LogP contribution in [-0.2, 0) is 0 Å².